The van der Waals surface area contributed by atoms with Crippen molar-refractivity contribution in [1.82, 2.24) is 0 Å². The van der Waals surface area contributed by atoms with E-state index in [0.717, 1.165) is 26.2 Å². The Morgan fingerprint density at radius 1 is 0.818 bits per heavy atom. The molecule has 0 saturated carbocycles. The van der Waals surface area contributed by atoms with Gasteiger partial charge in [-0.25, -0.2) is 0 Å². The van der Waals surface area contributed by atoms with Gasteiger partial charge in [0.2, 0.25) is 0 Å². The zero-order valence-corrected chi connectivity index (χ0v) is 12.7. The summed E-state index contributed by atoms with van der Waals surface area (Å²) >= 11 is 0. The van der Waals surface area contributed by atoms with E-state index in [1.807, 2.05) is 24.3 Å². The van der Waals surface area contributed by atoms with Crippen molar-refractivity contribution in [2.75, 3.05) is 36.0 Å². The van der Waals surface area contributed by atoms with Crippen LogP contribution in [0, 0.1) is 18.4 Å². The SMILES string of the molecule is Cc1ccc(N2CCN(c3ccc(OC#N)cc3)CC2)cc1. The quantitative estimate of drug-likeness (QED) is 0.815. The molecule has 0 spiro atoms. The lowest BCUT2D eigenvalue weighted by Crippen LogP contribution is -2.46. The van der Waals surface area contributed by atoms with E-state index in [-0.39, 0.29) is 0 Å². The third-order valence-electron chi connectivity index (χ3n) is 4.04. The molecule has 1 fully saturated rings. The average molecular weight is 293 g/mol. The number of nitrogens with zero attached hydrogens (tertiary/aromatic N) is 3. The first kappa shape index (κ1) is 14.3. The molecular formula is C18H19N3O. The second kappa shape index (κ2) is 6.40. The summed E-state index contributed by atoms with van der Waals surface area (Å²) in [7, 11) is 0. The number of nitriles is 1. The number of rotatable bonds is 3. The fourth-order valence-electron chi connectivity index (χ4n) is 2.76. The van der Waals surface area contributed by atoms with Crippen LogP contribution in [0.25, 0.3) is 0 Å². The summed E-state index contributed by atoms with van der Waals surface area (Å²) in [4.78, 5) is 4.78. The minimum atomic E-state index is 0.588. The van der Waals surface area contributed by atoms with Crippen molar-refractivity contribution in [3.05, 3.63) is 54.1 Å². The number of benzene rings is 2. The first-order valence-electron chi connectivity index (χ1n) is 7.49. The fraction of sp³-hybridized carbons (Fsp3) is 0.278. The number of aryl methyl sites for hydroxylation is 1. The third-order valence-corrected chi connectivity index (χ3v) is 4.04. The first-order valence-corrected chi connectivity index (χ1v) is 7.49. The van der Waals surface area contributed by atoms with Crippen LogP contribution in [-0.4, -0.2) is 26.2 Å². The smallest absolute Gasteiger partial charge is 0.292 e. The maximum absolute atomic E-state index is 8.50. The predicted octanol–water partition coefficient (Wildman–Crippen LogP) is 3.18. The Bertz CT molecular complexity index is 650. The standard InChI is InChI=1S/C18H19N3O/c1-15-2-4-16(5-3-15)20-10-12-21(13-11-20)17-6-8-18(9-7-17)22-14-19/h2-9H,10-13H2,1H3. The molecule has 0 bridgehead atoms. The molecule has 0 radical (unpaired) electrons. The van der Waals surface area contributed by atoms with Gasteiger partial charge in [-0.1, -0.05) is 17.7 Å². The van der Waals surface area contributed by atoms with Crippen LogP contribution in [0.4, 0.5) is 11.4 Å². The molecule has 22 heavy (non-hydrogen) atoms. The second-order valence-electron chi connectivity index (χ2n) is 5.50. The summed E-state index contributed by atoms with van der Waals surface area (Å²) < 4.78 is 4.81. The Balaban J connectivity index is 1.61. The predicted molar refractivity (Wildman–Crippen MR) is 88.3 cm³/mol. The molecule has 0 aromatic heterocycles. The van der Waals surface area contributed by atoms with E-state index in [1.165, 1.54) is 16.9 Å². The largest absolute Gasteiger partial charge is 0.388 e. The summed E-state index contributed by atoms with van der Waals surface area (Å²) in [6.07, 6.45) is 1.69. The molecule has 1 heterocycles. The van der Waals surface area contributed by atoms with Gasteiger partial charge in [-0.15, -0.1) is 5.26 Å². The fourth-order valence-corrected chi connectivity index (χ4v) is 2.76. The van der Waals surface area contributed by atoms with Crippen molar-refractivity contribution in [2.24, 2.45) is 0 Å². The Morgan fingerprint density at radius 2 is 1.27 bits per heavy atom. The molecule has 4 heteroatoms. The van der Waals surface area contributed by atoms with Gasteiger partial charge >= 0.3 is 0 Å². The summed E-state index contributed by atoms with van der Waals surface area (Å²) in [5.74, 6) is 0.588. The van der Waals surface area contributed by atoms with E-state index in [2.05, 4.69) is 41.0 Å². The summed E-state index contributed by atoms with van der Waals surface area (Å²) in [5.41, 5.74) is 3.76. The number of hydrogen-bond donors (Lipinski definition) is 0. The van der Waals surface area contributed by atoms with Gasteiger partial charge in [0.1, 0.15) is 5.75 Å². The molecule has 0 unspecified atom stereocenters. The zero-order valence-electron chi connectivity index (χ0n) is 12.7. The van der Waals surface area contributed by atoms with E-state index in [0.29, 0.717) is 5.75 Å². The van der Waals surface area contributed by atoms with Gasteiger partial charge in [-0.3, -0.25) is 0 Å². The van der Waals surface area contributed by atoms with Crippen LogP contribution in [0.2, 0.25) is 0 Å². The molecule has 1 aliphatic rings. The van der Waals surface area contributed by atoms with E-state index < -0.39 is 0 Å². The van der Waals surface area contributed by atoms with Gasteiger partial charge in [0.25, 0.3) is 6.26 Å². The van der Waals surface area contributed by atoms with E-state index in [4.69, 9.17) is 10.00 Å². The van der Waals surface area contributed by atoms with Crippen LogP contribution in [0.15, 0.2) is 48.5 Å². The van der Waals surface area contributed by atoms with Crippen molar-refractivity contribution in [3.8, 4) is 12.0 Å². The molecule has 2 aromatic carbocycles. The van der Waals surface area contributed by atoms with E-state index in [1.54, 1.807) is 6.26 Å². The lowest BCUT2D eigenvalue weighted by Gasteiger charge is -2.37. The zero-order chi connectivity index (χ0) is 15.4. The van der Waals surface area contributed by atoms with Gasteiger partial charge < -0.3 is 14.5 Å². The lowest BCUT2D eigenvalue weighted by molar-refractivity contribution is 0.507. The Kier molecular flexibility index (Phi) is 4.15. The van der Waals surface area contributed by atoms with Crippen molar-refractivity contribution >= 4 is 11.4 Å². The minimum absolute atomic E-state index is 0.588. The third kappa shape index (κ3) is 3.15. The lowest BCUT2D eigenvalue weighted by atomic mass is 10.2. The van der Waals surface area contributed by atoms with Gasteiger partial charge in [0, 0.05) is 37.6 Å². The molecule has 2 aromatic rings. The van der Waals surface area contributed by atoms with E-state index in [9.17, 15) is 0 Å². The summed E-state index contributed by atoms with van der Waals surface area (Å²) in [5, 5.41) is 8.50. The molecule has 112 valence electrons. The van der Waals surface area contributed by atoms with Crippen molar-refractivity contribution < 1.29 is 4.74 Å². The number of anilines is 2. The first-order chi connectivity index (χ1) is 10.8. The van der Waals surface area contributed by atoms with Crippen molar-refractivity contribution in [3.63, 3.8) is 0 Å². The second-order valence-corrected chi connectivity index (χ2v) is 5.50. The van der Waals surface area contributed by atoms with Gasteiger partial charge in [0.15, 0.2) is 0 Å². The normalized spacial score (nSPS) is 14.5. The maximum Gasteiger partial charge on any atom is 0.292 e. The average Bonchev–Trinajstić information content (AvgIpc) is 2.57. The highest BCUT2D eigenvalue weighted by molar-refractivity contribution is 5.53. The van der Waals surface area contributed by atoms with Crippen molar-refractivity contribution in [2.45, 2.75) is 6.92 Å². The molecule has 4 nitrogen and oxygen atoms in total. The Labute approximate surface area is 131 Å². The number of piperazine rings is 1. The van der Waals surface area contributed by atoms with Gasteiger partial charge in [0.05, 0.1) is 0 Å². The molecular weight excluding hydrogens is 274 g/mol. The number of hydrogen-bond acceptors (Lipinski definition) is 4. The van der Waals surface area contributed by atoms with Crippen LogP contribution in [0.5, 0.6) is 5.75 Å². The van der Waals surface area contributed by atoms with Gasteiger partial charge in [-0.05, 0) is 43.3 Å². The molecule has 1 saturated heterocycles. The van der Waals surface area contributed by atoms with Crippen LogP contribution >= 0.6 is 0 Å². The monoisotopic (exact) mass is 293 g/mol. The van der Waals surface area contributed by atoms with Crippen molar-refractivity contribution in [1.29, 1.82) is 5.26 Å². The Hall–Kier alpha value is -2.67. The molecule has 3 rings (SSSR count). The van der Waals surface area contributed by atoms with Crippen LogP contribution in [0.3, 0.4) is 0 Å². The molecule has 1 aliphatic heterocycles. The molecule has 0 atom stereocenters. The van der Waals surface area contributed by atoms with E-state index >= 15 is 0 Å². The highest BCUT2D eigenvalue weighted by Gasteiger charge is 2.17. The van der Waals surface area contributed by atoms with Crippen LogP contribution in [-0.2, 0) is 0 Å². The highest BCUT2D eigenvalue weighted by atomic mass is 16.5. The maximum atomic E-state index is 8.50. The van der Waals surface area contributed by atoms with Crippen LogP contribution < -0.4 is 14.5 Å². The Morgan fingerprint density at radius 3 is 1.73 bits per heavy atom. The summed E-state index contributed by atoms with van der Waals surface area (Å²) in [6, 6.07) is 16.4. The molecule has 0 amide bonds. The highest BCUT2D eigenvalue weighted by Crippen LogP contribution is 2.23. The molecule has 0 aliphatic carbocycles. The minimum Gasteiger partial charge on any atom is -0.388 e. The van der Waals surface area contributed by atoms with Crippen LogP contribution in [0.1, 0.15) is 5.56 Å². The topological polar surface area (TPSA) is 39.5 Å². The summed E-state index contributed by atoms with van der Waals surface area (Å²) in [6.45, 7) is 6.12. The van der Waals surface area contributed by atoms with Gasteiger partial charge in [-0.2, -0.15) is 0 Å². The number of ether oxygens (including phenoxy) is 1. The molecule has 0 N–H and O–H groups in total.